The van der Waals surface area contributed by atoms with Crippen molar-refractivity contribution in [3.63, 3.8) is 0 Å². The number of hydrazine groups is 1. The van der Waals surface area contributed by atoms with Crippen LogP contribution in [0.3, 0.4) is 0 Å². The lowest BCUT2D eigenvalue weighted by Crippen LogP contribution is -2.40. The Morgan fingerprint density at radius 1 is 1.05 bits per heavy atom. The van der Waals surface area contributed by atoms with E-state index >= 15 is 0 Å². The van der Waals surface area contributed by atoms with Crippen LogP contribution < -0.4 is 15.6 Å². The summed E-state index contributed by atoms with van der Waals surface area (Å²) in [7, 11) is -2.02. The lowest BCUT2D eigenvalue weighted by atomic mass is 10.2. The minimum Gasteiger partial charge on any atom is -0.481 e. The fourth-order valence-corrected chi connectivity index (χ4v) is 4.00. The number of nitrogens with one attached hydrogen (secondary N) is 2. The van der Waals surface area contributed by atoms with Gasteiger partial charge in [-0.2, -0.15) is 0 Å². The van der Waals surface area contributed by atoms with Gasteiger partial charge in [-0.1, -0.05) is 23.7 Å². The minimum absolute atomic E-state index is 0.0501. The quantitative estimate of drug-likeness (QED) is 0.258. The van der Waals surface area contributed by atoms with Gasteiger partial charge in [-0.05, 0) is 36.4 Å². The van der Waals surface area contributed by atoms with E-state index in [1.807, 2.05) is 0 Å². The molecule has 0 aliphatic rings. The average molecular weight is 554 g/mol. The van der Waals surface area contributed by atoms with Gasteiger partial charge in [0.15, 0.2) is 21.5 Å². The van der Waals surface area contributed by atoms with Crippen molar-refractivity contribution in [2.75, 3.05) is 13.4 Å². The van der Waals surface area contributed by atoms with Crippen LogP contribution in [0.25, 0.3) is 23.3 Å². The summed E-state index contributed by atoms with van der Waals surface area (Å²) in [5, 5.41) is 8.69. The fourth-order valence-electron chi connectivity index (χ4n) is 3.22. The maximum atomic E-state index is 12.4. The molecule has 1 aromatic carbocycles. The van der Waals surface area contributed by atoms with Crippen LogP contribution in [-0.2, 0) is 14.6 Å². The Labute approximate surface area is 222 Å². The van der Waals surface area contributed by atoms with Crippen LogP contribution in [0, 0.1) is 0 Å². The van der Waals surface area contributed by atoms with Crippen LogP contribution >= 0.6 is 11.6 Å². The second-order valence-corrected chi connectivity index (χ2v) is 10.1. The first kappa shape index (κ1) is 26.4. The standard InChI is InChI=1S/C24H20ClN7O5S/c1-37-22-13-15(11-12-26-22)24(34)31-29-21(33)10-9-20-28-30-23(32(20)19-6-4-3-5-17(19)25)18-8-7-16(14-27-18)38(2,35)36/h3-14H,1-2H3,(H,29,33)(H,31,34). The van der Waals surface area contributed by atoms with Gasteiger partial charge in [0.05, 0.1) is 22.7 Å². The molecule has 194 valence electrons. The molecule has 0 saturated heterocycles. The molecule has 3 heterocycles. The number of para-hydroxylation sites is 1. The number of rotatable bonds is 7. The zero-order valence-electron chi connectivity index (χ0n) is 20.0. The normalized spacial score (nSPS) is 11.3. The second kappa shape index (κ2) is 11.2. The molecule has 0 unspecified atom stereocenters. The van der Waals surface area contributed by atoms with Crippen LogP contribution in [0.15, 0.2) is 71.9 Å². The number of aromatic nitrogens is 5. The van der Waals surface area contributed by atoms with Gasteiger partial charge in [0.2, 0.25) is 5.88 Å². The molecule has 0 fully saturated rings. The molecule has 4 rings (SSSR count). The Morgan fingerprint density at radius 3 is 2.53 bits per heavy atom. The summed E-state index contributed by atoms with van der Waals surface area (Å²) in [6, 6.07) is 12.7. The van der Waals surface area contributed by atoms with E-state index in [-0.39, 0.29) is 28.0 Å². The van der Waals surface area contributed by atoms with Crippen LogP contribution in [0.1, 0.15) is 16.2 Å². The van der Waals surface area contributed by atoms with Crippen molar-refractivity contribution in [3.05, 3.63) is 83.4 Å². The zero-order chi connectivity index (χ0) is 27.3. The van der Waals surface area contributed by atoms with Gasteiger partial charge in [0.25, 0.3) is 11.8 Å². The Bertz CT molecular complexity index is 1640. The highest BCUT2D eigenvalue weighted by atomic mass is 35.5. The van der Waals surface area contributed by atoms with Crippen molar-refractivity contribution in [2.24, 2.45) is 0 Å². The number of sulfone groups is 1. The molecule has 12 nitrogen and oxygen atoms in total. The van der Waals surface area contributed by atoms with Gasteiger partial charge in [0, 0.05) is 36.4 Å². The average Bonchev–Trinajstić information content (AvgIpc) is 3.34. The topological polar surface area (TPSA) is 158 Å². The summed E-state index contributed by atoms with van der Waals surface area (Å²) in [5.74, 6) is -0.484. The Hall–Kier alpha value is -4.62. The summed E-state index contributed by atoms with van der Waals surface area (Å²) in [4.78, 5) is 32.9. The van der Waals surface area contributed by atoms with Crippen LogP contribution in [0.5, 0.6) is 5.88 Å². The van der Waals surface area contributed by atoms with E-state index in [0.717, 1.165) is 12.3 Å². The highest BCUT2D eigenvalue weighted by molar-refractivity contribution is 7.90. The van der Waals surface area contributed by atoms with Crippen molar-refractivity contribution in [2.45, 2.75) is 4.90 Å². The van der Waals surface area contributed by atoms with E-state index in [1.54, 1.807) is 28.8 Å². The number of methoxy groups -OCH3 is 1. The van der Waals surface area contributed by atoms with E-state index in [2.05, 4.69) is 31.0 Å². The molecule has 2 N–H and O–H groups in total. The molecule has 0 spiro atoms. The van der Waals surface area contributed by atoms with Gasteiger partial charge in [-0.15, -0.1) is 10.2 Å². The molecule has 2 amide bonds. The van der Waals surface area contributed by atoms with Gasteiger partial charge in [0.1, 0.15) is 5.69 Å². The van der Waals surface area contributed by atoms with E-state index in [9.17, 15) is 18.0 Å². The smallest absolute Gasteiger partial charge is 0.269 e. The monoisotopic (exact) mass is 553 g/mol. The number of hydrogen-bond acceptors (Lipinski definition) is 9. The largest absolute Gasteiger partial charge is 0.481 e. The Morgan fingerprint density at radius 2 is 1.84 bits per heavy atom. The van der Waals surface area contributed by atoms with E-state index in [4.69, 9.17) is 16.3 Å². The summed E-state index contributed by atoms with van der Waals surface area (Å²) in [6.45, 7) is 0. The Kier molecular flexibility index (Phi) is 7.79. The number of carbonyl (C=O) groups excluding carboxylic acids is 2. The number of carbonyl (C=O) groups is 2. The number of nitrogens with zero attached hydrogens (tertiary/aromatic N) is 5. The number of amides is 2. The molecular weight excluding hydrogens is 534 g/mol. The first-order valence-corrected chi connectivity index (χ1v) is 13.1. The summed E-state index contributed by atoms with van der Waals surface area (Å²) >= 11 is 6.42. The molecule has 0 saturated carbocycles. The van der Waals surface area contributed by atoms with Crippen molar-refractivity contribution >= 4 is 39.3 Å². The van der Waals surface area contributed by atoms with Gasteiger partial charge < -0.3 is 4.74 Å². The van der Waals surface area contributed by atoms with E-state index in [1.165, 1.54) is 49.8 Å². The lowest BCUT2D eigenvalue weighted by molar-refractivity contribution is -0.117. The van der Waals surface area contributed by atoms with E-state index < -0.39 is 21.7 Å². The second-order valence-electron chi connectivity index (χ2n) is 7.68. The predicted molar refractivity (Wildman–Crippen MR) is 138 cm³/mol. The molecule has 4 aromatic rings. The van der Waals surface area contributed by atoms with Crippen LogP contribution in [0.2, 0.25) is 5.02 Å². The first-order chi connectivity index (χ1) is 18.2. The third-order valence-corrected chi connectivity index (χ3v) is 6.48. The summed E-state index contributed by atoms with van der Waals surface area (Å²) in [5.41, 5.74) is 5.64. The number of benzene rings is 1. The SMILES string of the molecule is COc1cc(C(=O)NNC(=O)C=Cc2nnc(-c3ccc(S(C)(=O)=O)cn3)n2-c2ccccc2Cl)ccn1. The molecule has 0 radical (unpaired) electrons. The fraction of sp³-hybridized carbons (Fsp3) is 0.0833. The minimum atomic E-state index is -3.44. The van der Waals surface area contributed by atoms with Gasteiger partial charge in [-0.3, -0.25) is 30.0 Å². The maximum absolute atomic E-state index is 12.4. The predicted octanol–water partition coefficient (Wildman–Crippen LogP) is 2.26. The summed E-state index contributed by atoms with van der Waals surface area (Å²) < 4.78 is 30.1. The highest BCUT2D eigenvalue weighted by Crippen LogP contribution is 2.27. The van der Waals surface area contributed by atoms with Crippen LogP contribution in [0.4, 0.5) is 0 Å². The number of pyridine rings is 2. The Balaban J connectivity index is 1.59. The van der Waals surface area contributed by atoms with Gasteiger partial charge in [-0.25, -0.2) is 13.4 Å². The molecule has 3 aromatic heterocycles. The molecule has 14 heteroatoms. The van der Waals surface area contributed by atoms with E-state index in [0.29, 0.717) is 16.4 Å². The number of halogens is 1. The van der Waals surface area contributed by atoms with Crippen molar-refractivity contribution in [1.29, 1.82) is 0 Å². The van der Waals surface area contributed by atoms with Crippen molar-refractivity contribution < 1.29 is 22.7 Å². The van der Waals surface area contributed by atoms with Gasteiger partial charge >= 0.3 is 0 Å². The molecule has 0 atom stereocenters. The molecule has 0 aliphatic heterocycles. The molecular formula is C24H20ClN7O5S. The third kappa shape index (κ3) is 6.02. The summed E-state index contributed by atoms with van der Waals surface area (Å²) in [6.07, 6.45) is 6.23. The maximum Gasteiger partial charge on any atom is 0.269 e. The molecule has 0 aliphatic carbocycles. The third-order valence-electron chi connectivity index (χ3n) is 5.06. The number of ether oxygens (including phenoxy) is 1. The zero-order valence-corrected chi connectivity index (χ0v) is 21.6. The van der Waals surface area contributed by atoms with Crippen LogP contribution in [-0.4, -0.2) is 58.3 Å². The first-order valence-electron chi connectivity index (χ1n) is 10.8. The highest BCUT2D eigenvalue weighted by Gasteiger charge is 2.18. The number of hydrogen-bond donors (Lipinski definition) is 2. The molecule has 0 bridgehead atoms. The van der Waals surface area contributed by atoms with Crippen molar-refractivity contribution in [1.82, 2.24) is 35.6 Å². The van der Waals surface area contributed by atoms with Crippen molar-refractivity contribution in [3.8, 4) is 23.1 Å². The molecule has 38 heavy (non-hydrogen) atoms. The lowest BCUT2D eigenvalue weighted by Gasteiger charge is -2.10.